The Morgan fingerprint density at radius 1 is 1.33 bits per heavy atom. The highest BCUT2D eigenvalue weighted by atomic mass is 127. The first-order chi connectivity index (χ1) is 4.71. The van der Waals surface area contributed by atoms with Crippen LogP contribution in [0.3, 0.4) is 0 Å². The standard InChI is InChI=1S/C5H14NO3PS.HI/c1-6(2,3)4-5-11-10(7,8)9;/h4-5H2,1-3H3,(H-,7,8,9);1H. The Kier molecular flexibility index (Phi) is 7.60. The van der Waals surface area contributed by atoms with Crippen LogP contribution in [0.2, 0.25) is 0 Å². The molecule has 0 unspecified atom stereocenters. The SMILES string of the molecule is C[N+](C)(C)CCSP(=O)(O)O.[I-]. The topological polar surface area (TPSA) is 57.5 Å². The Hall–Kier alpha value is 1.19. The predicted molar refractivity (Wildman–Crippen MR) is 47.4 cm³/mol. The second-order valence-electron chi connectivity index (χ2n) is 3.34. The van der Waals surface area contributed by atoms with E-state index < -0.39 is 6.80 Å². The highest BCUT2D eigenvalue weighted by Gasteiger charge is 2.16. The van der Waals surface area contributed by atoms with Crippen LogP contribution < -0.4 is 24.0 Å². The fourth-order valence-corrected chi connectivity index (χ4v) is 2.26. The van der Waals surface area contributed by atoms with Gasteiger partial charge in [0.1, 0.15) is 0 Å². The number of hydrogen-bond acceptors (Lipinski definition) is 2. The summed E-state index contributed by atoms with van der Waals surface area (Å²) < 4.78 is 11.1. The van der Waals surface area contributed by atoms with Crippen molar-refractivity contribution in [1.29, 1.82) is 0 Å². The molecule has 0 amide bonds. The normalized spacial score (nSPS) is 12.4. The molecule has 0 aliphatic heterocycles. The molecule has 0 bridgehead atoms. The van der Waals surface area contributed by atoms with Gasteiger partial charge in [-0.15, -0.1) is 0 Å². The van der Waals surface area contributed by atoms with Gasteiger partial charge in [-0.2, -0.15) is 0 Å². The molecule has 12 heavy (non-hydrogen) atoms. The summed E-state index contributed by atoms with van der Waals surface area (Å²) in [5, 5.41) is 0. The zero-order valence-corrected chi connectivity index (χ0v) is 11.3. The summed E-state index contributed by atoms with van der Waals surface area (Å²) in [6.45, 7) is -3.09. The number of hydrogen-bond donors (Lipinski definition) is 2. The highest BCUT2D eigenvalue weighted by Crippen LogP contribution is 2.49. The largest absolute Gasteiger partial charge is 1.00 e. The maximum atomic E-state index is 10.4. The number of halogens is 1. The lowest BCUT2D eigenvalue weighted by molar-refractivity contribution is -0.867. The van der Waals surface area contributed by atoms with Crippen LogP contribution in [-0.2, 0) is 4.57 Å². The monoisotopic (exact) mass is 327 g/mol. The molecule has 76 valence electrons. The van der Waals surface area contributed by atoms with E-state index in [0.717, 1.165) is 11.0 Å². The molecule has 0 radical (unpaired) electrons. The molecule has 0 saturated heterocycles. The van der Waals surface area contributed by atoms with E-state index in [0.29, 0.717) is 17.1 Å². The zero-order chi connectivity index (χ0) is 9.12. The van der Waals surface area contributed by atoms with Crippen LogP contribution in [0.4, 0.5) is 0 Å². The number of quaternary nitrogens is 1. The lowest BCUT2D eigenvalue weighted by Gasteiger charge is -2.23. The van der Waals surface area contributed by atoms with Crippen molar-refractivity contribution in [1.82, 2.24) is 0 Å². The molecule has 0 fully saturated rings. The summed E-state index contributed by atoms with van der Waals surface area (Å²) in [7, 11) is 5.96. The Bertz CT molecular complexity index is 167. The molecule has 4 nitrogen and oxygen atoms in total. The van der Waals surface area contributed by atoms with Crippen LogP contribution >= 0.6 is 18.2 Å². The fraction of sp³-hybridized carbons (Fsp3) is 1.00. The van der Waals surface area contributed by atoms with E-state index in [1.807, 2.05) is 21.1 Å². The molecule has 0 aromatic carbocycles. The van der Waals surface area contributed by atoms with E-state index in [9.17, 15) is 4.57 Å². The summed E-state index contributed by atoms with van der Waals surface area (Å²) in [5.74, 6) is 0.494. The van der Waals surface area contributed by atoms with Gasteiger partial charge in [-0.05, 0) is 11.4 Å². The molecule has 0 atom stereocenters. The van der Waals surface area contributed by atoms with Crippen molar-refractivity contribution in [3.05, 3.63) is 0 Å². The minimum atomic E-state index is -3.85. The fourth-order valence-electron chi connectivity index (χ4n) is 0.434. The molecular formula is C5H15INO3PS. The molecule has 0 saturated carbocycles. The van der Waals surface area contributed by atoms with Crippen molar-refractivity contribution < 1.29 is 42.8 Å². The third kappa shape index (κ3) is 13.8. The van der Waals surface area contributed by atoms with Gasteiger partial charge in [0.25, 0.3) is 0 Å². The van der Waals surface area contributed by atoms with Crippen molar-refractivity contribution in [2.75, 3.05) is 33.4 Å². The lowest BCUT2D eigenvalue weighted by atomic mass is 10.6. The second-order valence-corrected chi connectivity index (χ2v) is 7.19. The minimum Gasteiger partial charge on any atom is -1.00 e. The van der Waals surface area contributed by atoms with Gasteiger partial charge in [0, 0.05) is 0 Å². The second kappa shape index (κ2) is 5.82. The average Bonchev–Trinajstić information content (AvgIpc) is 1.55. The Morgan fingerprint density at radius 3 is 2.00 bits per heavy atom. The van der Waals surface area contributed by atoms with Crippen molar-refractivity contribution >= 4 is 18.2 Å². The number of nitrogens with zero attached hydrogens (tertiary/aromatic N) is 1. The van der Waals surface area contributed by atoms with Crippen LogP contribution in [0.15, 0.2) is 0 Å². The van der Waals surface area contributed by atoms with Gasteiger partial charge in [-0.1, -0.05) is 0 Å². The van der Waals surface area contributed by atoms with Crippen molar-refractivity contribution in [2.24, 2.45) is 0 Å². The first-order valence-electron chi connectivity index (χ1n) is 3.21. The average molecular weight is 327 g/mol. The summed E-state index contributed by atoms with van der Waals surface area (Å²) in [5.41, 5.74) is 0. The molecule has 2 N–H and O–H groups in total. The molecule has 7 heteroatoms. The Labute approximate surface area is 94.2 Å². The van der Waals surface area contributed by atoms with Gasteiger partial charge in [-0.25, -0.2) is 4.57 Å². The van der Waals surface area contributed by atoms with Crippen LogP contribution in [0.5, 0.6) is 0 Å². The predicted octanol–water partition coefficient (Wildman–Crippen LogP) is -2.48. The van der Waals surface area contributed by atoms with Crippen molar-refractivity contribution in [3.63, 3.8) is 0 Å². The third-order valence-electron chi connectivity index (χ3n) is 1.02. The molecule has 0 heterocycles. The Morgan fingerprint density at radius 2 is 1.75 bits per heavy atom. The zero-order valence-electron chi connectivity index (χ0n) is 7.40. The molecular weight excluding hydrogens is 312 g/mol. The van der Waals surface area contributed by atoms with E-state index in [1.165, 1.54) is 0 Å². The van der Waals surface area contributed by atoms with E-state index in [-0.39, 0.29) is 24.0 Å². The molecule has 0 aliphatic carbocycles. The van der Waals surface area contributed by atoms with E-state index in [4.69, 9.17) is 9.79 Å². The summed E-state index contributed by atoms with van der Waals surface area (Å²) >= 11 is 0.711. The molecule has 0 rings (SSSR count). The van der Waals surface area contributed by atoms with Crippen LogP contribution in [-0.4, -0.2) is 47.7 Å². The first-order valence-corrected chi connectivity index (χ1v) is 6.41. The van der Waals surface area contributed by atoms with Gasteiger partial charge >= 0.3 is 6.80 Å². The quantitative estimate of drug-likeness (QED) is 0.341. The van der Waals surface area contributed by atoms with Crippen LogP contribution in [0.1, 0.15) is 0 Å². The summed E-state index contributed by atoms with van der Waals surface area (Å²) in [6.07, 6.45) is 0. The smallest absolute Gasteiger partial charge is 0.384 e. The maximum Gasteiger partial charge on any atom is 0.384 e. The first kappa shape index (κ1) is 15.7. The van der Waals surface area contributed by atoms with Crippen molar-refractivity contribution in [3.8, 4) is 0 Å². The maximum absolute atomic E-state index is 10.4. The van der Waals surface area contributed by atoms with Crippen molar-refractivity contribution in [2.45, 2.75) is 0 Å². The third-order valence-corrected chi connectivity index (χ3v) is 3.28. The number of rotatable bonds is 4. The van der Waals surface area contributed by atoms with Gasteiger partial charge in [0.15, 0.2) is 0 Å². The molecule has 0 aromatic heterocycles. The molecule has 0 aromatic rings. The lowest BCUT2D eigenvalue weighted by Crippen LogP contribution is -3.00. The van der Waals surface area contributed by atoms with Gasteiger partial charge in [-0.3, -0.25) is 0 Å². The van der Waals surface area contributed by atoms with Gasteiger partial charge in [0.2, 0.25) is 0 Å². The van der Waals surface area contributed by atoms with Crippen LogP contribution in [0, 0.1) is 0 Å². The Balaban J connectivity index is 0. The molecule has 0 spiro atoms. The highest BCUT2D eigenvalue weighted by molar-refractivity contribution is 8.54. The van der Waals surface area contributed by atoms with Gasteiger partial charge < -0.3 is 38.2 Å². The van der Waals surface area contributed by atoms with E-state index in [2.05, 4.69) is 0 Å². The van der Waals surface area contributed by atoms with E-state index in [1.54, 1.807) is 0 Å². The van der Waals surface area contributed by atoms with Gasteiger partial charge in [0.05, 0.1) is 33.4 Å². The van der Waals surface area contributed by atoms with E-state index >= 15 is 0 Å². The minimum absolute atomic E-state index is 0. The summed E-state index contributed by atoms with van der Waals surface area (Å²) in [6, 6.07) is 0. The summed E-state index contributed by atoms with van der Waals surface area (Å²) in [4.78, 5) is 17.0. The van der Waals surface area contributed by atoms with Crippen LogP contribution in [0.25, 0.3) is 0 Å². The molecule has 0 aliphatic rings.